The average Bonchev–Trinajstić information content (AvgIpc) is 2.59. The average molecular weight is 383 g/mol. The molecule has 144 valence electrons. The zero-order chi connectivity index (χ0) is 19.4. The molecule has 1 fully saturated rings. The fourth-order valence-electron chi connectivity index (χ4n) is 2.75. The highest BCUT2D eigenvalue weighted by Crippen LogP contribution is 2.26. The second-order valence-corrected chi connectivity index (χ2v) is 9.03. The van der Waals surface area contributed by atoms with Crippen molar-refractivity contribution in [2.45, 2.75) is 56.6 Å². The van der Waals surface area contributed by atoms with Crippen LogP contribution in [0.25, 0.3) is 0 Å². The maximum atomic E-state index is 12.9. The smallest absolute Gasteiger partial charge is 0.344 e. The Hall–Kier alpha value is -1.93. The van der Waals surface area contributed by atoms with Crippen molar-refractivity contribution in [2.75, 3.05) is 13.2 Å². The van der Waals surface area contributed by atoms with Gasteiger partial charge < -0.3 is 9.47 Å². The van der Waals surface area contributed by atoms with E-state index in [4.69, 9.17) is 9.47 Å². The maximum absolute atomic E-state index is 12.9. The van der Waals surface area contributed by atoms with Gasteiger partial charge in [-0.3, -0.25) is 4.79 Å². The number of esters is 2. The van der Waals surface area contributed by atoms with Crippen LogP contribution in [0.2, 0.25) is 0 Å². The van der Waals surface area contributed by atoms with Gasteiger partial charge in [0.05, 0.1) is 4.90 Å². The Bertz CT molecular complexity index is 739. The molecule has 0 bridgehead atoms. The summed E-state index contributed by atoms with van der Waals surface area (Å²) < 4.78 is 37.0. The van der Waals surface area contributed by atoms with Crippen LogP contribution < -0.4 is 0 Å². The Morgan fingerprint density at radius 2 is 1.81 bits per heavy atom. The quantitative estimate of drug-likeness (QED) is 0.724. The molecule has 1 saturated heterocycles. The zero-order valence-corrected chi connectivity index (χ0v) is 16.1. The lowest BCUT2D eigenvalue weighted by molar-refractivity contribution is -0.168. The highest BCUT2D eigenvalue weighted by Gasteiger charge is 2.38. The molecule has 1 aromatic rings. The molecule has 1 atom stereocenters. The molecular weight excluding hydrogens is 358 g/mol. The summed E-state index contributed by atoms with van der Waals surface area (Å²) in [6.07, 6.45) is 1.74. The Morgan fingerprint density at radius 3 is 2.42 bits per heavy atom. The molecule has 1 unspecified atom stereocenters. The molecular formula is C18H25NO6S. The molecule has 0 saturated carbocycles. The number of benzene rings is 1. The molecule has 0 amide bonds. The Morgan fingerprint density at radius 1 is 1.15 bits per heavy atom. The minimum Gasteiger partial charge on any atom is -0.457 e. The number of carbonyl (C=O) groups excluding carboxylic acids is 2. The van der Waals surface area contributed by atoms with E-state index in [9.17, 15) is 18.0 Å². The maximum Gasteiger partial charge on any atom is 0.344 e. The van der Waals surface area contributed by atoms with Crippen LogP contribution in [-0.4, -0.2) is 49.5 Å². The monoisotopic (exact) mass is 383 g/mol. The summed E-state index contributed by atoms with van der Waals surface area (Å²) in [6.45, 7) is 4.83. The van der Waals surface area contributed by atoms with Gasteiger partial charge in [0.2, 0.25) is 10.0 Å². The topological polar surface area (TPSA) is 90.0 Å². The summed E-state index contributed by atoms with van der Waals surface area (Å²) in [5, 5.41) is 0. The molecule has 1 heterocycles. The van der Waals surface area contributed by atoms with Gasteiger partial charge in [-0.2, -0.15) is 4.31 Å². The van der Waals surface area contributed by atoms with Gasteiger partial charge in [-0.05, 0) is 52.2 Å². The van der Waals surface area contributed by atoms with Crippen molar-refractivity contribution >= 4 is 22.0 Å². The Labute approximate surface area is 154 Å². The van der Waals surface area contributed by atoms with E-state index in [-0.39, 0.29) is 11.4 Å². The first kappa shape index (κ1) is 20.4. The van der Waals surface area contributed by atoms with Crippen molar-refractivity contribution in [2.24, 2.45) is 0 Å². The molecule has 0 N–H and O–H groups in total. The number of piperidine rings is 1. The SMILES string of the molecule is CC(C)(C)OC(=O)COC(=O)C1CCCCN1S(=O)(=O)c1ccccc1. The van der Waals surface area contributed by atoms with Gasteiger partial charge in [0.25, 0.3) is 0 Å². The van der Waals surface area contributed by atoms with Gasteiger partial charge in [-0.25, -0.2) is 13.2 Å². The van der Waals surface area contributed by atoms with Crippen LogP contribution >= 0.6 is 0 Å². The van der Waals surface area contributed by atoms with Gasteiger partial charge >= 0.3 is 11.9 Å². The van der Waals surface area contributed by atoms with E-state index in [1.54, 1.807) is 39.0 Å². The van der Waals surface area contributed by atoms with Crippen molar-refractivity contribution in [1.29, 1.82) is 0 Å². The summed E-state index contributed by atoms with van der Waals surface area (Å²) in [4.78, 5) is 24.3. The zero-order valence-electron chi connectivity index (χ0n) is 15.3. The predicted molar refractivity (Wildman–Crippen MR) is 94.8 cm³/mol. The summed E-state index contributed by atoms with van der Waals surface area (Å²) in [5.41, 5.74) is -0.684. The molecule has 26 heavy (non-hydrogen) atoms. The number of ether oxygens (including phenoxy) is 2. The van der Waals surface area contributed by atoms with Crippen LogP contribution in [0, 0.1) is 0 Å². The molecule has 1 aromatic carbocycles. The number of hydrogen-bond donors (Lipinski definition) is 0. The normalized spacial score (nSPS) is 19.0. The van der Waals surface area contributed by atoms with Gasteiger partial charge in [0.15, 0.2) is 6.61 Å². The van der Waals surface area contributed by atoms with E-state index in [2.05, 4.69) is 0 Å². The molecule has 0 aliphatic carbocycles. The van der Waals surface area contributed by atoms with E-state index in [0.717, 1.165) is 0 Å². The molecule has 0 spiro atoms. The highest BCUT2D eigenvalue weighted by atomic mass is 32.2. The largest absolute Gasteiger partial charge is 0.457 e. The molecule has 2 rings (SSSR count). The van der Waals surface area contributed by atoms with Crippen LogP contribution in [-0.2, 0) is 29.1 Å². The lowest BCUT2D eigenvalue weighted by Crippen LogP contribution is -2.48. The Kier molecular flexibility index (Phi) is 6.41. The first-order valence-electron chi connectivity index (χ1n) is 8.56. The van der Waals surface area contributed by atoms with E-state index >= 15 is 0 Å². The van der Waals surface area contributed by atoms with Gasteiger partial charge in [-0.1, -0.05) is 18.2 Å². The summed E-state index contributed by atoms with van der Waals surface area (Å²) in [5.74, 6) is -1.39. The van der Waals surface area contributed by atoms with Gasteiger partial charge in [-0.15, -0.1) is 0 Å². The van der Waals surface area contributed by atoms with Crippen molar-refractivity contribution in [3.05, 3.63) is 30.3 Å². The Balaban J connectivity index is 2.08. The minimum absolute atomic E-state index is 0.131. The van der Waals surface area contributed by atoms with Gasteiger partial charge in [0, 0.05) is 6.54 Å². The van der Waals surface area contributed by atoms with E-state index in [1.165, 1.54) is 16.4 Å². The molecule has 0 aromatic heterocycles. The lowest BCUT2D eigenvalue weighted by Gasteiger charge is -2.33. The number of sulfonamides is 1. The second-order valence-electron chi connectivity index (χ2n) is 7.13. The number of rotatable bonds is 5. The van der Waals surface area contributed by atoms with E-state index in [1.807, 2.05) is 0 Å². The number of hydrogen-bond acceptors (Lipinski definition) is 6. The molecule has 0 radical (unpaired) electrons. The third-order valence-corrected chi connectivity index (χ3v) is 5.75. The van der Waals surface area contributed by atoms with E-state index < -0.39 is 40.2 Å². The third-order valence-electron chi connectivity index (χ3n) is 3.83. The predicted octanol–water partition coefficient (Wildman–Crippen LogP) is 2.11. The molecule has 1 aliphatic heterocycles. The highest BCUT2D eigenvalue weighted by molar-refractivity contribution is 7.89. The summed E-state index contributed by atoms with van der Waals surface area (Å²) in [6, 6.07) is 7.04. The van der Waals surface area contributed by atoms with Gasteiger partial charge in [0.1, 0.15) is 11.6 Å². The molecule has 1 aliphatic rings. The van der Waals surface area contributed by atoms with Crippen molar-refractivity contribution in [3.63, 3.8) is 0 Å². The number of nitrogens with zero attached hydrogens (tertiary/aromatic N) is 1. The fourth-order valence-corrected chi connectivity index (χ4v) is 4.42. The van der Waals surface area contributed by atoms with Crippen molar-refractivity contribution < 1.29 is 27.5 Å². The molecule has 7 nitrogen and oxygen atoms in total. The minimum atomic E-state index is -3.81. The molecule has 8 heteroatoms. The summed E-state index contributed by atoms with van der Waals surface area (Å²) >= 11 is 0. The van der Waals surface area contributed by atoms with E-state index in [0.29, 0.717) is 19.3 Å². The van der Waals surface area contributed by atoms with Crippen molar-refractivity contribution in [3.8, 4) is 0 Å². The number of carbonyl (C=O) groups is 2. The first-order valence-corrected chi connectivity index (χ1v) is 10.0. The second kappa shape index (κ2) is 8.18. The van der Waals surface area contributed by atoms with Crippen LogP contribution in [0.5, 0.6) is 0 Å². The first-order chi connectivity index (χ1) is 12.1. The van der Waals surface area contributed by atoms with Crippen molar-refractivity contribution in [1.82, 2.24) is 4.31 Å². The summed E-state index contributed by atoms with van der Waals surface area (Å²) in [7, 11) is -3.81. The van der Waals surface area contributed by atoms with Crippen LogP contribution in [0.15, 0.2) is 35.2 Å². The van der Waals surface area contributed by atoms with Crippen LogP contribution in [0.3, 0.4) is 0 Å². The fraction of sp³-hybridized carbons (Fsp3) is 0.556. The van der Waals surface area contributed by atoms with Crippen LogP contribution in [0.4, 0.5) is 0 Å². The third kappa shape index (κ3) is 5.28. The lowest BCUT2D eigenvalue weighted by atomic mass is 10.1. The standard InChI is InChI=1S/C18H25NO6S/c1-18(2,3)25-16(20)13-24-17(21)15-11-7-8-12-19(15)26(22,23)14-9-5-4-6-10-14/h4-6,9-10,15H,7-8,11-13H2,1-3H3. The van der Waals surface area contributed by atoms with Crippen LogP contribution in [0.1, 0.15) is 40.0 Å².